The van der Waals surface area contributed by atoms with E-state index < -0.39 is 30.0 Å². The van der Waals surface area contributed by atoms with Crippen LogP contribution < -0.4 is 0 Å². The van der Waals surface area contributed by atoms with Crippen LogP contribution in [0.2, 0.25) is 0 Å². The van der Waals surface area contributed by atoms with Crippen molar-refractivity contribution in [1.82, 2.24) is 0 Å². The van der Waals surface area contributed by atoms with Gasteiger partial charge in [-0.1, -0.05) is 29.8 Å². The van der Waals surface area contributed by atoms with Gasteiger partial charge >= 0.3 is 12.4 Å². The first-order valence-electron chi connectivity index (χ1n) is 5.86. The van der Waals surface area contributed by atoms with Crippen molar-refractivity contribution >= 4 is 0 Å². The molecule has 120 valence electrons. The first-order valence-corrected chi connectivity index (χ1v) is 5.86. The fraction of sp³-hybridized carbons (Fsp3) is 0.538. The zero-order valence-electron chi connectivity index (χ0n) is 11.2. The van der Waals surface area contributed by atoms with Gasteiger partial charge in [0.05, 0.1) is 5.60 Å². The zero-order chi connectivity index (χ0) is 16.7. The van der Waals surface area contributed by atoms with Crippen LogP contribution in [0.25, 0.3) is 0 Å². The van der Waals surface area contributed by atoms with Crippen molar-refractivity contribution in [3.05, 3.63) is 35.4 Å². The van der Waals surface area contributed by atoms with Gasteiger partial charge in [0.25, 0.3) is 5.60 Å². The van der Waals surface area contributed by atoms with Gasteiger partial charge in [-0.05, 0) is 19.4 Å². The third kappa shape index (κ3) is 3.49. The van der Waals surface area contributed by atoms with Gasteiger partial charge in [0.2, 0.25) is 0 Å². The predicted octanol–water partition coefficient (Wildman–Crippen LogP) is 3.45. The molecule has 1 aromatic carbocycles. The molecule has 0 amide bonds. The lowest BCUT2D eigenvalue weighted by Gasteiger charge is -2.37. The molecule has 0 aliphatic carbocycles. The van der Waals surface area contributed by atoms with E-state index in [9.17, 15) is 31.4 Å². The molecule has 0 aromatic heterocycles. The van der Waals surface area contributed by atoms with Crippen LogP contribution >= 0.6 is 0 Å². The maximum atomic E-state index is 12.6. The third-order valence-electron chi connectivity index (χ3n) is 3.21. The van der Waals surface area contributed by atoms with E-state index in [0.717, 1.165) is 12.5 Å². The van der Waals surface area contributed by atoms with E-state index in [-0.39, 0.29) is 5.56 Å². The average Bonchev–Trinajstić information content (AvgIpc) is 2.25. The van der Waals surface area contributed by atoms with E-state index >= 15 is 0 Å². The summed E-state index contributed by atoms with van der Waals surface area (Å²) in [7, 11) is 0. The van der Waals surface area contributed by atoms with Crippen LogP contribution in [0.1, 0.15) is 24.5 Å². The topological polar surface area (TPSA) is 40.5 Å². The molecule has 0 fully saturated rings. The lowest BCUT2D eigenvalue weighted by atomic mass is 9.82. The van der Waals surface area contributed by atoms with E-state index in [4.69, 9.17) is 5.11 Å². The molecule has 0 bridgehead atoms. The van der Waals surface area contributed by atoms with Crippen LogP contribution in [0.5, 0.6) is 0 Å². The smallest absolute Gasteiger partial charge is 0.385 e. The van der Waals surface area contributed by atoms with Gasteiger partial charge in [-0.25, -0.2) is 0 Å². The van der Waals surface area contributed by atoms with Crippen LogP contribution in [0, 0.1) is 6.92 Å². The molecule has 0 radical (unpaired) electrons. The molecule has 2 N–H and O–H groups in total. The normalized spacial score (nSPS) is 16.7. The van der Waals surface area contributed by atoms with Gasteiger partial charge in [0.1, 0.15) is 0 Å². The minimum Gasteiger partial charge on any atom is -0.385 e. The minimum absolute atomic E-state index is 0.153. The lowest BCUT2D eigenvalue weighted by Crippen LogP contribution is -2.59. The summed E-state index contributed by atoms with van der Waals surface area (Å²) < 4.78 is 75.8. The van der Waals surface area contributed by atoms with Crippen LogP contribution in [0.4, 0.5) is 26.3 Å². The Morgan fingerprint density at radius 2 is 1.24 bits per heavy atom. The highest BCUT2D eigenvalue weighted by Gasteiger charge is 2.71. The Labute approximate surface area is 117 Å². The molecule has 2 nitrogen and oxygen atoms in total. The maximum Gasteiger partial charge on any atom is 0.426 e. The van der Waals surface area contributed by atoms with Gasteiger partial charge in [-0.15, -0.1) is 0 Å². The summed E-state index contributed by atoms with van der Waals surface area (Å²) in [6.07, 6.45) is -13.9. The summed E-state index contributed by atoms with van der Waals surface area (Å²) >= 11 is 0. The largest absolute Gasteiger partial charge is 0.426 e. The van der Waals surface area contributed by atoms with Gasteiger partial charge in [0.15, 0.2) is 0 Å². The van der Waals surface area contributed by atoms with E-state index in [2.05, 4.69) is 0 Å². The van der Waals surface area contributed by atoms with Crippen molar-refractivity contribution in [2.45, 2.75) is 43.8 Å². The van der Waals surface area contributed by atoms with E-state index in [1.165, 1.54) is 24.3 Å². The van der Waals surface area contributed by atoms with Crippen LogP contribution in [0.3, 0.4) is 0 Å². The number of halogens is 6. The monoisotopic (exact) mass is 316 g/mol. The van der Waals surface area contributed by atoms with Crippen molar-refractivity contribution in [2.24, 2.45) is 0 Å². The molecule has 21 heavy (non-hydrogen) atoms. The minimum atomic E-state index is -5.96. The number of aryl methyl sites for hydroxylation is 1. The Kier molecular flexibility index (Phi) is 4.37. The standard InChI is InChI=1S/C13H14F6O2/c1-8-3-5-9(6-4-8)10(2,20)7-11(21,12(14,15)16)13(17,18)19/h3-6,20-21H,7H2,1-2H3. The molecule has 0 saturated carbocycles. The van der Waals surface area contributed by atoms with Crippen molar-refractivity contribution in [2.75, 3.05) is 0 Å². The zero-order valence-corrected chi connectivity index (χ0v) is 11.2. The predicted molar refractivity (Wildman–Crippen MR) is 62.4 cm³/mol. The molecule has 1 rings (SSSR count). The number of hydrogen-bond donors (Lipinski definition) is 2. The summed E-state index contributed by atoms with van der Waals surface area (Å²) in [5.41, 5.74) is -6.93. The molecule has 0 spiro atoms. The second-order valence-corrected chi connectivity index (χ2v) is 5.17. The molecule has 8 heteroatoms. The van der Waals surface area contributed by atoms with Gasteiger partial charge in [-0.2, -0.15) is 26.3 Å². The Hall–Kier alpha value is -1.28. The number of alkyl halides is 6. The summed E-state index contributed by atoms with van der Waals surface area (Å²) in [6.45, 7) is 2.46. The SMILES string of the molecule is Cc1ccc(C(C)(O)CC(O)(C(F)(F)F)C(F)(F)F)cc1. The molecule has 1 atom stereocenters. The molecule has 0 heterocycles. The van der Waals surface area contributed by atoms with Crippen molar-refractivity contribution in [3.63, 3.8) is 0 Å². The molecular weight excluding hydrogens is 302 g/mol. The lowest BCUT2D eigenvalue weighted by molar-refractivity contribution is -0.378. The highest BCUT2D eigenvalue weighted by atomic mass is 19.4. The Balaban J connectivity index is 3.23. The maximum absolute atomic E-state index is 12.6. The van der Waals surface area contributed by atoms with Crippen LogP contribution in [-0.2, 0) is 5.60 Å². The van der Waals surface area contributed by atoms with Gasteiger partial charge in [0, 0.05) is 6.42 Å². The highest BCUT2D eigenvalue weighted by molar-refractivity contribution is 5.26. The Bertz CT molecular complexity index is 473. The van der Waals surface area contributed by atoms with Crippen molar-refractivity contribution in [1.29, 1.82) is 0 Å². The first kappa shape index (κ1) is 17.8. The summed E-state index contributed by atoms with van der Waals surface area (Å²) in [6, 6.07) is 5.29. The summed E-state index contributed by atoms with van der Waals surface area (Å²) in [5, 5.41) is 19.1. The van der Waals surface area contributed by atoms with Crippen LogP contribution in [-0.4, -0.2) is 28.2 Å². The molecule has 1 aromatic rings. The highest BCUT2D eigenvalue weighted by Crippen LogP contribution is 2.49. The molecule has 0 aliphatic heterocycles. The quantitative estimate of drug-likeness (QED) is 0.839. The van der Waals surface area contributed by atoms with Crippen molar-refractivity contribution in [3.8, 4) is 0 Å². The number of rotatable bonds is 3. The molecule has 1 unspecified atom stereocenters. The molecular formula is C13H14F6O2. The average molecular weight is 316 g/mol. The number of hydrogen-bond acceptors (Lipinski definition) is 2. The van der Waals surface area contributed by atoms with Gasteiger partial charge in [-0.3, -0.25) is 0 Å². The summed E-state index contributed by atoms with van der Waals surface area (Å²) in [4.78, 5) is 0. The second-order valence-electron chi connectivity index (χ2n) is 5.17. The molecule has 0 aliphatic rings. The Morgan fingerprint density at radius 1 is 0.857 bits per heavy atom. The fourth-order valence-electron chi connectivity index (χ4n) is 1.87. The number of aliphatic hydroxyl groups is 2. The first-order chi connectivity index (χ1) is 9.21. The fourth-order valence-corrected chi connectivity index (χ4v) is 1.87. The Morgan fingerprint density at radius 3 is 1.57 bits per heavy atom. The van der Waals surface area contributed by atoms with Crippen molar-refractivity contribution < 1.29 is 36.6 Å². The molecule has 0 saturated heterocycles. The van der Waals surface area contributed by atoms with Gasteiger partial charge < -0.3 is 10.2 Å². The van der Waals surface area contributed by atoms with E-state index in [0.29, 0.717) is 0 Å². The van der Waals surface area contributed by atoms with E-state index in [1.807, 2.05) is 0 Å². The second kappa shape index (κ2) is 5.17. The van der Waals surface area contributed by atoms with E-state index in [1.54, 1.807) is 6.92 Å². The number of benzene rings is 1. The van der Waals surface area contributed by atoms with Crippen LogP contribution in [0.15, 0.2) is 24.3 Å². The third-order valence-corrected chi connectivity index (χ3v) is 3.21. The summed E-state index contributed by atoms with van der Waals surface area (Å²) in [5.74, 6) is 0.